The van der Waals surface area contributed by atoms with Crippen LogP contribution < -0.4 is 5.32 Å². The van der Waals surface area contributed by atoms with Crippen LogP contribution in [0.2, 0.25) is 0 Å². The smallest absolute Gasteiger partial charge is 0.276 e. The molecule has 0 saturated carbocycles. The first-order valence-electron chi connectivity index (χ1n) is 9.39. The van der Waals surface area contributed by atoms with Crippen molar-refractivity contribution in [3.8, 4) is 0 Å². The van der Waals surface area contributed by atoms with Gasteiger partial charge in [-0.3, -0.25) is 9.69 Å². The van der Waals surface area contributed by atoms with Gasteiger partial charge in [0.05, 0.1) is 24.9 Å². The SMILES string of the molecule is CC(C)OCCN1CCN(C(=O)c2cn(C3CCNCC3)nn2)CC1. The van der Waals surface area contributed by atoms with E-state index >= 15 is 0 Å². The highest BCUT2D eigenvalue weighted by atomic mass is 16.5. The van der Waals surface area contributed by atoms with Crippen LogP contribution in [-0.2, 0) is 4.74 Å². The maximum Gasteiger partial charge on any atom is 0.276 e. The second-order valence-corrected chi connectivity index (χ2v) is 7.12. The average Bonchev–Trinajstić information content (AvgIpc) is 3.12. The van der Waals surface area contributed by atoms with Crippen molar-refractivity contribution in [1.29, 1.82) is 0 Å². The van der Waals surface area contributed by atoms with E-state index in [1.165, 1.54) is 0 Å². The van der Waals surface area contributed by atoms with E-state index in [0.29, 0.717) is 11.7 Å². The van der Waals surface area contributed by atoms with Gasteiger partial charge < -0.3 is 15.0 Å². The third-order valence-electron chi connectivity index (χ3n) is 4.93. The normalized spacial score (nSPS) is 20.4. The van der Waals surface area contributed by atoms with E-state index in [1.54, 1.807) is 0 Å². The molecule has 8 heteroatoms. The van der Waals surface area contributed by atoms with E-state index in [2.05, 4.69) is 20.5 Å². The number of nitrogens with one attached hydrogen (secondary N) is 1. The Labute approximate surface area is 149 Å². The molecule has 0 aliphatic carbocycles. The molecule has 2 saturated heterocycles. The molecular formula is C17H30N6O2. The number of piperazine rings is 1. The highest BCUT2D eigenvalue weighted by molar-refractivity contribution is 5.92. The highest BCUT2D eigenvalue weighted by Crippen LogP contribution is 2.17. The van der Waals surface area contributed by atoms with Crippen LogP contribution in [0.1, 0.15) is 43.2 Å². The molecule has 1 aromatic heterocycles. The van der Waals surface area contributed by atoms with Gasteiger partial charge in [-0.2, -0.15) is 0 Å². The zero-order valence-electron chi connectivity index (χ0n) is 15.4. The van der Waals surface area contributed by atoms with Crippen molar-refractivity contribution in [2.24, 2.45) is 0 Å². The fraction of sp³-hybridized carbons (Fsp3) is 0.824. The number of amides is 1. The Hall–Kier alpha value is -1.51. The molecule has 0 aromatic carbocycles. The van der Waals surface area contributed by atoms with Crippen LogP contribution in [0.25, 0.3) is 0 Å². The van der Waals surface area contributed by atoms with E-state index in [4.69, 9.17) is 4.74 Å². The number of hydrogen-bond donors (Lipinski definition) is 1. The maximum absolute atomic E-state index is 12.7. The number of carbonyl (C=O) groups excluding carboxylic acids is 1. The number of carbonyl (C=O) groups is 1. The highest BCUT2D eigenvalue weighted by Gasteiger charge is 2.25. The van der Waals surface area contributed by atoms with Gasteiger partial charge >= 0.3 is 0 Å². The standard InChI is InChI=1S/C17H30N6O2/c1-14(2)25-12-11-21-7-9-22(10-8-21)17(24)16-13-23(20-19-16)15-3-5-18-6-4-15/h13-15,18H,3-12H2,1-2H3. The largest absolute Gasteiger partial charge is 0.377 e. The summed E-state index contributed by atoms with van der Waals surface area (Å²) in [5.41, 5.74) is 0.468. The molecule has 2 fully saturated rings. The van der Waals surface area contributed by atoms with Crippen molar-refractivity contribution in [1.82, 2.24) is 30.1 Å². The van der Waals surface area contributed by atoms with Gasteiger partial charge in [-0.15, -0.1) is 5.10 Å². The molecule has 1 amide bonds. The van der Waals surface area contributed by atoms with Crippen LogP contribution in [0.3, 0.4) is 0 Å². The molecule has 3 heterocycles. The average molecular weight is 350 g/mol. The van der Waals surface area contributed by atoms with Gasteiger partial charge in [-0.1, -0.05) is 5.21 Å². The van der Waals surface area contributed by atoms with Crippen LogP contribution in [0, 0.1) is 0 Å². The Bertz CT molecular complexity index is 547. The summed E-state index contributed by atoms with van der Waals surface area (Å²) < 4.78 is 7.47. The molecule has 2 aliphatic heterocycles. The number of ether oxygens (including phenoxy) is 1. The summed E-state index contributed by atoms with van der Waals surface area (Å²) in [6.07, 6.45) is 4.16. The van der Waals surface area contributed by atoms with Gasteiger partial charge in [-0.25, -0.2) is 4.68 Å². The second-order valence-electron chi connectivity index (χ2n) is 7.12. The quantitative estimate of drug-likeness (QED) is 0.800. The van der Waals surface area contributed by atoms with Gasteiger partial charge in [0.2, 0.25) is 0 Å². The maximum atomic E-state index is 12.7. The van der Waals surface area contributed by atoms with Gasteiger partial charge in [0.25, 0.3) is 5.91 Å². The van der Waals surface area contributed by atoms with E-state index in [-0.39, 0.29) is 12.0 Å². The Kier molecular flexibility index (Phi) is 6.39. The Morgan fingerprint density at radius 3 is 2.68 bits per heavy atom. The zero-order chi connectivity index (χ0) is 17.6. The van der Waals surface area contributed by atoms with Gasteiger partial charge in [0, 0.05) is 32.7 Å². The first kappa shape index (κ1) is 18.3. The molecule has 1 aromatic rings. The molecule has 0 atom stereocenters. The molecule has 0 unspecified atom stereocenters. The van der Waals surface area contributed by atoms with Crippen LogP contribution in [0.4, 0.5) is 0 Å². The molecule has 8 nitrogen and oxygen atoms in total. The number of aromatic nitrogens is 3. The number of rotatable bonds is 6. The van der Waals surface area contributed by atoms with Crippen LogP contribution in [0.15, 0.2) is 6.20 Å². The van der Waals surface area contributed by atoms with Gasteiger partial charge in [0.1, 0.15) is 0 Å². The van der Waals surface area contributed by atoms with Gasteiger partial charge in [-0.05, 0) is 39.8 Å². The lowest BCUT2D eigenvalue weighted by Gasteiger charge is -2.34. The third-order valence-corrected chi connectivity index (χ3v) is 4.93. The Balaban J connectivity index is 1.47. The fourth-order valence-electron chi connectivity index (χ4n) is 3.38. The predicted octanol–water partition coefficient (Wildman–Crippen LogP) is 0.385. The molecule has 1 N–H and O–H groups in total. The second kappa shape index (κ2) is 8.73. The minimum Gasteiger partial charge on any atom is -0.377 e. The van der Waals surface area contributed by atoms with Crippen molar-refractivity contribution in [2.75, 3.05) is 52.4 Å². The zero-order valence-corrected chi connectivity index (χ0v) is 15.4. The van der Waals surface area contributed by atoms with Crippen LogP contribution >= 0.6 is 0 Å². The first-order chi connectivity index (χ1) is 12.1. The summed E-state index contributed by atoms with van der Waals surface area (Å²) in [5, 5.41) is 11.7. The molecule has 0 spiro atoms. The van der Waals surface area contributed by atoms with Crippen molar-refractivity contribution in [3.63, 3.8) is 0 Å². The molecule has 2 aliphatic rings. The van der Waals surface area contributed by atoms with Crippen molar-refractivity contribution in [2.45, 2.75) is 38.8 Å². The summed E-state index contributed by atoms with van der Waals surface area (Å²) in [6, 6.07) is 0.355. The number of piperidine rings is 1. The van der Waals surface area contributed by atoms with Crippen molar-refractivity contribution < 1.29 is 9.53 Å². The topological polar surface area (TPSA) is 75.5 Å². The van der Waals surface area contributed by atoms with Crippen LogP contribution in [0.5, 0.6) is 0 Å². The summed E-state index contributed by atoms with van der Waals surface area (Å²) >= 11 is 0. The molecule has 140 valence electrons. The molecule has 0 radical (unpaired) electrons. The van der Waals surface area contributed by atoms with Gasteiger partial charge in [0.15, 0.2) is 5.69 Å². The lowest BCUT2D eigenvalue weighted by atomic mass is 10.1. The molecule has 25 heavy (non-hydrogen) atoms. The fourth-order valence-corrected chi connectivity index (χ4v) is 3.38. The first-order valence-corrected chi connectivity index (χ1v) is 9.39. The van der Waals surface area contributed by atoms with Crippen LogP contribution in [-0.4, -0.2) is 89.2 Å². The third kappa shape index (κ3) is 4.99. The van der Waals surface area contributed by atoms with E-state index in [9.17, 15) is 4.79 Å². The van der Waals surface area contributed by atoms with Crippen molar-refractivity contribution in [3.05, 3.63) is 11.9 Å². The lowest BCUT2D eigenvalue weighted by Crippen LogP contribution is -2.49. The number of nitrogens with zero attached hydrogens (tertiary/aromatic N) is 5. The molecule has 3 rings (SSSR count). The monoisotopic (exact) mass is 350 g/mol. The van der Waals surface area contributed by atoms with Crippen molar-refractivity contribution >= 4 is 5.91 Å². The molecular weight excluding hydrogens is 320 g/mol. The predicted molar refractivity (Wildman–Crippen MR) is 94.6 cm³/mol. The van der Waals surface area contributed by atoms with E-state index in [1.807, 2.05) is 29.6 Å². The molecule has 0 bridgehead atoms. The summed E-state index contributed by atoms with van der Waals surface area (Å²) in [4.78, 5) is 16.9. The summed E-state index contributed by atoms with van der Waals surface area (Å²) in [6.45, 7) is 11.0. The minimum atomic E-state index is -0.00161. The number of hydrogen-bond acceptors (Lipinski definition) is 6. The Morgan fingerprint density at radius 1 is 1.28 bits per heavy atom. The minimum absolute atomic E-state index is 0.00161. The summed E-state index contributed by atoms with van der Waals surface area (Å²) in [5.74, 6) is -0.00161. The van der Waals surface area contributed by atoms with E-state index < -0.39 is 0 Å². The van der Waals surface area contributed by atoms with E-state index in [0.717, 1.165) is 65.3 Å². The summed E-state index contributed by atoms with van der Waals surface area (Å²) in [7, 11) is 0. The lowest BCUT2D eigenvalue weighted by molar-refractivity contribution is 0.0404. The Morgan fingerprint density at radius 2 is 2.00 bits per heavy atom.